The van der Waals surface area contributed by atoms with E-state index in [0.717, 1.165) is 27.4 Å². The van der Waals surface area contributed by atoms with Crippen molar-refractivity contribution in [1.29, 1.82) is 0 Å². The fourth-order valence-corrected chi connectivity index (χ4v) is 2.49. The quantitative estimate of drug-likeness (QED) is 0.558. The van der Waals surface area contributed by atoms with Gasteiger partial charge in [-0.3, -0.25) is 14.8 Å². The number of carbonyl (C=O) groups excluding carboxylic acids is 1. The fraction of sp³-hybridized carbons (Fsp3) is 0. The molecule has 3 aromatic rings. The van der Waals surface area contributed by atoms with Gasteiger partial charge in [0.1, 0.15) is 0 Å². The first kappa shape index (κ1) is 9.48. The van der Waals surface area contributed by atoms with E-state index in [4.69, 9.17) is 0 Å². The lowest BCUT2D eigenvalue weighted by Crippen LogP contribution is -1.96. The Morgan fingerprint density at radius 2 is 1.89 bits per heavy atom. The lowest BCUT2D eigenvalue weighted by molar-refractivity contribution is 0.107. The number of fused-ring (bicyclic) bond motifs is 5. The van der Waals surface area contributed by atoms with Crippen LogP contribution in [-0.4, -0.2) is 17.0 Å². The van der Waals surface area contributed by atoms with E-state index in [9.17, 15) is 4.79 Å². The lowest BCUT2D eigenvalue weighted by Gasteiger charge is -2.06. The molecule has 18 heavy (non-hydrogen) atoms. The zero-order valence-electron chi connectivity index (χ0n) is 9.42. The van der Waals surface area contributed by atoms with Gasteiger partial charge in [0.2, 0.25) is 5.78 Å². The highest BCUT2D eigenvalue weighted by atomic mass is 16.1. The molecular weight excluding hydrogens is 224 g/mol. The molecule has 0 atom stereocenters. The first-order valence-corrected chi connectivity index (χ1v) is 5.73. The number of benzene rings is 2. The molecule has 2 aromatic carbocycles. The second-order valence-electron chi connectivity index (χ2n) is 4.32. The summed E-state index contributed by atoms with van der Waals surface area (Å²) in [5.74, 6) is -0.0213. The van der Waals surface area contributed by atoms with E-state index in [-0.39, 0.29) is 5.78 Å². The summed E-state index contributed by atoms with van der Waals surface area (Å²) in [6.45, 7) is 0. The van der Waals surface area contributed by atoms with Gasteiger partial charge in [-0.05, 0) is 12.1 Å². The summed E-state index contributed by atoms with van der Waals surface area (Å²) >= 11 is 0. The average Bonchev–Trinajstić information content (AvgIpc) is 2.80. The van der Waals surface area contributed by atoms with Crippen LogP contribution in [0.3, 0.4) is 0 Å². The topological polar surface area (TPSA) is 42.3 Å². The van der Waals surface area contributed by atoms with Crippen molar-refractivity contribution in [3.63, 3.8) is 0 Å². The van der Waals surface area contributed by atoms with Gasteiger partial charge in [0, 0.05) is 22.4 Å². The Labute approximate surface area is 103 Å². The van der Waals surface area contributed by atoms with Crippen LogP contribution in [-0.2, 0) is 0 Å². The third-order valence-corrected chi connectivity index (χ3v) is 3.30. The zero-order chi connectivity index (χ0) is 12.1. The van der Waals surface area contributed by atoms with Gasteiger partial charge < -0.3 is 0 Å². The maximum absolute atomic E-state index is 12.0. The molecule has 0 radical (unpaired) electrons. The molecule has 4 rings (SSSR count). The molecule has 1 aliphatic rings. The van der Waals surface area contributed by atoms with Gasteiger partial charge in [0.25, 0.3) is 0 Å². The highest BCUT2D eigenvalue weighted by Gasteiger charge is 2.20. The van der Waals surface area contributed by atoms with E-state index in [1.165, 1.54) is 6.21 Å². The van der Waals surface area contributed by atoms with Crippen molar-refractivity contribution < 1.29 is 4.79 Å². The van der Waals surface area contributed by atoms with Crippen molar-refractivity contribution in [1.82, 2.24) is 4.98 Å². The Balaban J connectivity index is 2.31. The zero-order valence-corrected chi connectivity index (χ0v) is 9.42. The van der Waals surface area contributed by atoms with Crippen molar-refractivity contribution in [2.24, 2.45) is 4.99 Å². The van der Waals surface area contributed by atoms with Gasteiger partial charge >= 0.3 is 0 Å². The molecule has 84 valence electrons. The van der Waals surface area contributed by atoms with E-state index in [1.54, 1.807) is 0 Å². The summed E-state index contributed by atoms with van der Waals surface area (Å²) in [5, 5.41) is 2.94. The molecule has 0 N–H and O–H groups in total. The van der Waals surface area contributed by atoms with Crippen molar-refractivity contribution in [2.75, 3.05) is 0 Å². The summed E-state index contributed by atoms with van der Waals surface area (Å²) in [4.78, 5) is 20.5. The molecular formula is C15H8N2O. The molecule has 2 heterocycles. The smallest absolute Gasteiger partial charge is 0.206 e. The van der Waals surface area contributed by atoms with E-state index >= 15 is 0 Å². The molecule has 0 amide bonds. The molecule has 0 saturated carbocycles. The van der Waals surface area contributed by atoms with Crippen LogP contribution in [0.5, 0.6) is 0 Å². The molecule has 0 spiro atoms. The number of rotatable bonds is 0. The average molecular weight is 232 g/mol. The van der Waals surface area contributed by atoms with E-state index in [2.05, 4.69) is 9.98 Å². The van der Waals surface area contributed by atoms with Crippen LogP contribution in [0.25, 0.3) is 21.7 Å². The van der Waals surface area contributed by atoms with Crippen LogP contribution >= 0.6 is 0 Å². The van der Waals surface area contributed by atoms with Crippen molar-refractivity contribution in [3.8, 4) is 0 Å². The number of para-hydroxylation sites is 1. The number of Topliss-reactive ketones (excluding diaryl/α,β-unsaturated/α-hetero) is 1. The second kappa shape index (κ2) is 3.23. The fourth-order valence-electron chi connectivity index (χ4n) is 2.49. The predicted molar refractivity (Wildman–Crippen MR) is 71.7 cm³/mol. The lowest BCUT2D eigenvalue weighted by atomic mass is 9.99. The van der Waals surface area contributed by atoms with Gasteiger partial charge in [0.05, 0.1) is 23.0 Å². The van der Waals surface area contributed by atoms with Crippen LogP contribution in [0.4, 0.5) is 5.69 Å². The van der Waals surface area contributed by atoms with Crippen molar-refractivity contribution in [2.45, 2.75) is 0 Å². The Kier molecular flexibility index (Phi) is 1.70. The van der Waals surface area contributed by atoms with Gasteiger partial charge in [-0.25, -0.2) is 0 Å². The van der Waals surface area contributed by atoms with Gasteiger partial charge in [-0.2, -0.15) is 0 Å². The van der Waals surface area contributed by atoms with Crippen LogP contribution in [0.1, 0.15) is 10.4 Å². The molecule has 1 aliphatic heterocycles. The minimum Gasteiger partial charge on any atom is -0.287 e. The maximum atomic E-state index is 12.0. The second-order valence-corrected chi connectivity index (χ2v) is 4.32. The molecule has 0 unspecified atom stereocenters. The highest BCUT2D eigenvalue weighted by Crippen LogP contribution is 2.35. The number of carbonyl (C=O) groups is 1. The monoisotopic (exact) mass is 232 g/mol. The first-order chi connectivity index (χ1) is 8.84. The largest absolute Gasteiger partial charge is 0.287 e. The minimum absolute atomic E-state index is 0.0213. The van der Waals surface area contributed by atoms with E-state index in [0.29, 0.717) is 5.56 Å². The number of nitrogens with zero attached hydrogens (tertiary/aromatic N) is 2. The number of aromatic nitrogens is 1. The van der Waals surface area contributed by atoms with Gasteiger partial charge in [0.15, 0.2) is 0 Å². The summed E-state index contributed by atoms with van der Waals surface area (Å²) in [6.07, 6.45) is 3.20. The van der Waals surface area contributed by atoms with E-state index in [1.807, 2.05) is 42.6 Å². The third kappa shape index (κ3) is 1.10. The molecule has 1 aromatic heterocycles. The molecule has 3 nitrogen and oxygen atoms in total. The molecule has 0 bridgehead atoms. The maximum Gasteiger partial charge on any atom is 0.206 e. The Morgan fingerprint density at radius 1 is 1.00 bits per heavy atom. The summed E-state index contributed by atoms with van der Waals surface area (Å²) in [6, 6.07) is 11.7. The predicted octanol–water partition coefficient (Wildman–Crippen LogP) is 3.29. The minimum atomic E-state index is -0.0213. The van der Waals surface area contributed by atoms with Crippen molar-refractivity contribution >= 4 is 39.4 Å². The van der Waals surface area contributed by atoms with Gasteiger partial charge in [-0.1, -0.05) is 24.3 Å². The van der Waals surface area contributed by atoms with E-state index < -0.39 is 0 Å². The van der Waals surface area contributed by atoms with Crippen molar-refractivity contribution in [3.05, 3.63) is 48.2 Å². The Bertz CT molecular complexity index is 850. The molecule has 0 saturated heterocycles. The standard InChI is InChI=1S/C15H8N2O/c18-13-8-17-12-6-5-9-7-16-11-4-2-1-3-10(11)14(9)15(12)13/h1-8H. The molecule has 3 heteroatoms. The number of aliphatic imine (C=N–C) groups is 1. The molecule has 0 aliphatic carbocycles. The third-order valence-electron chi connectivity index (χ3n) is 3.30. The highest BCUT2D eigenvalue weighted by molar-refractivity contribution is 6.44. The van der Waals surface area contributed by atoms with Crippen LogP contribution in [0, 0.1) is 0 Å². The number of hydrogen-bond donors (Lipinski definition) is 0. The number of pyridine rings is 1. The Hall–Kier alpha value is -2.55. The normalized spacial score (nSPS) is 13.4. The van der Waals surface area contributed by atoms with Crippen LogP contribution < -0.4 is 0 Å². The number of ketones is 1. The summed E-state index contributed by atoms with van der Waals surface area (Å²) in [7, 11) is 0. The first-order valence-electron chi connectivity index (χ1n) is 5.73. The van der Waals surface area contributed by atoms with Crippen LogP contribution in [0.15, 0.2) is 47.6 Å². The molecule has 0 fully saturated rings. The van der Waals surface area contributed by atoms with Gasteiger partial charge in [-0.15, -0.1) is 0 Å². The summed E-state index contributed by atoms with van der Waals surface area (Å²) < 4.78 is 0. The summed E-state index contributed by atoms with van der Waals surface area (Å²) in [5.41, 5.74) is 2.35. The number of hydrogen-bond acceptors (Lipinski definition) is 3. The Morgan fingerprint density at radius 3 is 2.83 bits per heavy atom. The van der Waals surface area contributed by atoms with Crippen LogP contribution in [0.2, 0.25) is 0 Å². The SMILES string of the molecule is O=C1C=Nc2ccc3cnc4ccccc4c3c21.